The number of hydrogen-bond donors (Lipinski definition) is 4. The van der Waals surface area contributed by atoms with Crippen molar-refractivity contribution in [2.24, 2.45) is 0 Å². The summed E-state index contributed by atoms with van der Waals surface area (Å²) in [4.78, 5) is 0. The van der Waals surface area contributed by atoms with Gasteiger partial charge in [0.1, 0.15) is 0 Å². The lowest BCUT2D eigenvalue weighted by Gasteiger charge is -2.29. The maximum absolute atomic E-state index is 11.0. The monoisotopic (exact) mass is 626 g/mol. The molecule has 0 saturated carbocycles. The van der Waals surface area contributed by atoms with E-state index in [2.05, 4.69) is 92.9 Å². The SMILES string of the molecule is C=C[C@@](C)(CC/C=C(\C)CCC=C(C)C)c1cc(O)c(O)c(-c2cc([C@](C)(C=C)CC/C=C(\C)CCC=C(C)C)cc(O)c2O)c1. The highest BCUT2D eigenvalue weighted by atomic mass is 16.3. The molecule has 2 aromatic carbocycles. The topological polar surface area (TPSA) is 80.9 Å². The van der Waals surface area contributed by atoms with Gasteiger partial charge in [0.25, 0.3) is 0 Å². The Morgan fingerprint density at radius 2 is 0.913 bits per heavy atom. The van der Waals surface area contributed by atoms with E-state index < -0.39 is 10.8 Å². The molecule has 0 aliphatic rings. The van der Waals surface area contributed by atoms with Crippen LogP contribution < -0.4 is 0 Å². The number of hydrogen-bond acceptors (Lipinski definition) is 4. The first-order valence-electron chi connectivity index (χ1n) is 16.5. The van der Waals surface area contributed by atoms with Crippen molar-refractivity contribution in [1.82, 2.24) is 0 Å². The molecule has 4 N–H and O–H groups in total. The highest BCUT2D eigenvalue weighted by Gasteiger charge is 2.29. The van der Waals surface area contributed by atoms with Gasteiger partial charge < -0.3 is 20.4 Å². The lowest BCUT2D eigenvalue weighted by atomic mass is 9.76. The molecule has 2 aromatic rings. The lowest BCUT2D eigenvalue weighted by Crippen LogP contribution is -2.19. The second-order valence-electron chi connectivity index (χ2n) is 13.8. The summed E-state index contributed by atoms with van der Waals surface area (Å²) in [5, 5.41) is 43.8. The van der Waals surface area contributed by atoms with E-state index >= 15 is 0 Å². The fraction of sp³-hybridized carbons (Fsp3) is 0.429. The van der Waals surface area contributed by atoms with E-state index in [-0.39, 0.29) is 34.1 Å². The van der Waals surface area contributed by atoms with Gasteiger partial charge in [-0.1, -0.05) is 72.6 Å². The summed E-state index contributed by atoms with van der Waals surface area (Å²) in [5.41, 5.74) is 6.27. The Bertz CT molecular complexity index is 1380. The Balaban J connectivity index is 2.45. The van der Waals surface area contributed by atoms with Crippen LogP contribution in [0.3, 0.4) is 0 Å². The molecule has 0 bridgehead atoms. The van der Waals surface area contributed by atoms with Gasteiger partial charge in [-0.25, -0.2) is 0 Å². The third-order valence-corrected chi connectivity index (χ3v) is 9.19. The van der Waals surface area contributed by atoms with Crippen LogP contribution in [0, 0.1) is 0 Å². The fourth-order valence-electron chi connectivity index (χ4n) is 5.65. The predicted molar refractivity (Wildman–Crippen MR) is 197 cm³/mol. The largest absolute Gasteiger partial charge is 0.504 e. The van der Waals surface area contributed by atoms with Gasteiger partial charge in [0.05, 0.1) is 0 Å². The zero-order chi connectivity index (χ0) is 34.7. The number of allylic oxidation sites excluding steroid dienone is 10. The molecule has 0 aliphatic heterocycles. The van der Waals surface area contributed by atoms with E-state index in [1.54, 1.807) is 24.3 Å². The molecule has 46 heavy (non-hydrogen) atoms. The molecule has 0 radical (unpaired) electrons. The second-order valence-corrected chi connectivity index (χ2v) is 13.8. The number of phenols is 4. The summed E-state index contributed by atoms with van der Waals surface area (Å²) in [6, 6.07) is 6.69. The summed E-state index contributed by atoms with van der Waals surface area (Å²) >= 11 is 0. The molecule has 0 heterocycles. The first kappa shape index (κ1) is 38.3. The lowest BCUT2D eigenvalue weighted by molar-refractivity contribution is 0.397. The van der Waals surface area contributed by atoms with Crippen molar-refractivity contribution in [2.45, 2.75) is 118 Å². The van der Waals surface area contributed by atoms with E-state index in [0.29, 0.717) is 0 Å². The molecule has 0 aromatic heterocycles. The quantitative estimate of drug-likeness (QED) is 0.104. The van der Waals surface area contributed by atoms with Gasteiger partial charge in [-0.3, -0.25) is 0 Å². The van der Waals surface area contributed by atoms with Crippen LogP contribution in [0.25, 0.3) is 11.1 Å². The molecular formula is C42H58O4. The minimum Gasteiger partial charge on any atom is -0.504 e. The van der Waals surface area contributed by atoms with Crippen molar-refractivity contribution >= 4 is 0 Å². The Hall–Kier alpha value is -3.92. The smallest absolute Gasteiger partial charge is 0.165 e. The van der Waals surface area contributed by atoms with Crippen molar-refractivity contribution < 1.29 is 20.4 Å². The third kappa shape index (κ3) is 10.6. The van der Waals surface area contributed by atoms with Crippen molar-refractivity contribution in [3.63, 3.8) is 0 Å². The maximum atomic E-state index is 11.0. The molecule has 2 atom stereocenters. The molecule has 2 rings (SSSR count). The van der Waals surface area contributed by atoms with E-state index in [4.69, 9.17) is 0 Å². The van der Waals surface area contributed by atoms with E-state index in [1.807, 2.05) is 12.2 Å². The standard InChI is InChI=1S/C42H58O4/c1-11-41(9,23-15-21-31(7)19-13-17-29(3)4)33-25-35(39(45)37(43)27-33)36-26-34(28-38(44)40(36)46)42(10,12-2)24-16-22-32(8)20-14-18-30(5)6/h11-12,17-18,21-22,25-28,43-46H,1-2,13-16,19-20,23-24H2,3-10H3/b31-21+,32-22+/t41-,42+. The molecular weight excluding hydrogens is 568 g/mol. The number of rotatable bonds is 17. The van der Waals surface area contributed by atoms with Crippen LogP contribution >= 0.6 is 0 Å². The summed E-state index contributed by atoms with van der Waals surface area (Å²) in [6.07, 6.45) is 19.9. The van der Waals surface area contributed by atoms with Crippen LogP contribution in [0.1, 0.15) is 118 Å². The van der Waals surface area contributed by atoms with Gasteiger partial charge >= 0.3 is 0 Å². The van der Waals surface area contributed by atoms with Crippen LogP contribution in [-0.2, 0) is 10.8 Å². The molecule has 0 fully saturated rings. The highest BCUT2D eigenvalue weighted by Crippen LogP contribution is 2.49. The van der Waals surface area contributed by atoms with Crippen molar-refractivity contribution in [3.05, 3.63) is 107 Å². The summed E-state index contributed by atoms with van der Waals surface area (Å²) in [6.45, 7) is 25.1. The predicted octanol–water partition coefficient (Wildman–Crippen LogP) is 12.0. The van der Waals surface area contributed by atoms with Gasteiger partial charge in [0.2, 0.25) is 0 Å². The molecule has 4 nitrogen and oxygen atoms in total. The maximum Gasteiger partial charge on any atom is 0.165 e. The summed E-state index contributed by atoms with van der Waals surface area (Å²) < 4.78 is 0. The number of benzene rings is 2. The number of aromatic hydroxyl groups is 4. The first-order valence-corrected chi connectivity index (χ1v) is 16.5. The Morgan fingerprint density at radius 3 is 1.22 bits per heavy atom. The Labute approximate surface area is 278 Å². The molecule has 250 valence electrons. The van der Waals surface area contributed by atoms with Crippen molar-refractivity contribution in [2.75, 3.05) is 0 Å². The zero-order valence-corrected chi connectivity index (χ0v) is 29.6. The van der Waals surface area contributed by atoms with Crippen molar-refractivity contribution in [3.8, 4) is 34.1 Å². The minimum absolute atomic E-state index is 0.243. The first-order chi connectivity index (χ1) is 21.6. The summed E-state index contributed by atoms with van der Waals surface area (Å²) in [5.74, 6) is -1.29. The van der Waals surface area contributed by atoms with E-state index in [9.17, 15) is 20.4 Å². The molecule has 0 unspecified atom stereocenters. The van der Waals surface area contributed by atoms with Crippen LogP contribution in [0.15, 0.2) is 96.2 Å². The van der Waals surface area contributed by atoms with Gasteiger partial charge in [0, 0.05) is 22.0 Å². The van der Waals surface area contributed by atoms with Gasteiger partial charge in [-0.2, -0.15) is 0 Å². The van der Waals surface area contributed by atoms with Crippen LogP contribution in [0.2, 0.25) is 0 Å². The molecule has 0 spiro atoms. The van der Waals surface area contributed by atoms with Crippen LogP contribution in [0.5, 0.6) is 23.0 Å². The van der Waals surface area contributed by atoms with E-state index in [0.717, 1.165) is 62.5 Å². The molecule has 0 aliphatic carbocycles. The third-order valence-electron chi connectivity index (χ3n) is 9.19. The van der Waals surface area contributed by atoms with Gasteiger partial charge in [0.15, 0.2) is 23.0 Å². The van der Waals surface area contributed by atoms with Crippen LogP contribution in [-0.4, -0.2) is 20.4 Å². The van der Waals surface area contributed by atoms with Crippen molar-refractivity contribution in [1.29, 1.82) is 0 Å². The summed E-state index contributed by atoms with van der Waals surface area (Å²) in [7, 11) is 0. The second kappa shape index (κ2) is 17.1. The fourth-order valence-corrected chi connectivity index (χ4v) is 5.65. The highest BCUT2D eigenvalue weighted by molar-refractivity contribution is 5.81. The average Bonchev–Trinajstić information content (AvgIpc) is 2.99. The minimum atomic E-state index is -0.517. The van der Waals surface area contributed by atoms with Gasteiger partial charge in [-0.15, -0.1) is 13.2 Å². The number of phenolic OH excluding ortho intramolecular Hbond substituents is 4. The van der Waals surface area contributed by atoms with E-state index in [1.165, 1.54) is 22.3 Å². The zero-order valence-electron chi connectivity index (χ0n) is 29.6. The molecule has 4 heteroatoms. The average molecular weight is 627 g/mol. The molecule has 0 saturated heterocycles. The Morgan fingerprint density at radius 1 is 0.565 bits per heavy atom. The Kier molecular flexibility index (Phi) is 14.2. The van der Waals surface area contributed by atoms with Crippen LogP contribution in [0.4, 0.5) is 0 Å². The normalized spacial score (nSPS) is 14.6. The molecule has 0 amide bonds. The van der Waals surface area contributed by atoms with Gasteiger partial charge in [-0.05, 0) is 128 Å².